The van der Waals surface area contributed by atoms with Gasteiger partial charge < -0.3 is 15.5 Å². The highest BCUT2D eigenvalue weighted by Crippen LogP contribution is 2.77. The molecule has 0 heterocycles. The summed E-state index contributed by atoms with van der Waals surface area (Å²) in [4.78, 5) is 23.4. The fraction of sp³-hybridized carbons (Fsp3) is 0.943. The first-order valence-electron chi connectivity index (χ1n) is 16.8. The van der Waals surface area contributed by atoms with Gasteiger partial charge in [0.2, 0.25) is 0 Å². The zero-order chi connectivity index (χ0) is 30.3. The lowest BCUT2D eigenvalue weighted by Crippen LogP contribution is -2.69. The second-order valence-corrected chi connectivity index (χ2v) is 18.0. The molecule has 2 unspecified atom stereocenters. The van der Waals surface area contributed by atoms with Gasteiger partial charge in [0.1, 0.15) is 6.04 Å². The van der Waals surface area contributed by atoms with Gasteiger partial charge in [-0.1, -0.05) is 55.4 Å². The van der Waals surface area contributed by atoms with E-state index in [9.17, 15) is 19.8 Å². The van der Waals surface area contributed by atoms with E-state index in [0.717, 1.165) is 30.1 Å². The maximum atomic E-state index is 12.0. The number of thiol groups is 1. The number of carboxylic acid groups (broad SMARTS) is 2. The van der Waals surface area contributed by atoms with Crippen molar-refractivity contribution in [1.82, 2.24) is 5.32 Å². The highest BCUT2D eigenvalue weighted by atomic mass is 32.1. The van der Waals surface area contributed by atoms with Crippen LogP contribution in [0.25, 0.3) is 0 Å². The highest BCUT2D eigenvalue weighted by Gasteiger charge is 2.71. The minimum Gasteiger partial charge on any atom is -0.481 e. The fourth-order valence-electron chi connectivity index (χ4n) is 13.0. The third kappa shape index (κ3) is 4.65. The summed E-state index contributed by atoms with van der Waals surface area (Å²) < 4.78 is 0. The smallest absolute Gasteiger partial charge is 0.321 e. The van der Waals surface area contributed by atoms with E-state index in [2.05, 4.69) is 60.7 Å². The topological polar surface area (TPSA) is 86.6 Å². The van der Waals surface area contributed by atoms with Crippen LogP contribution < -0.4 is 5.32 Å². The normalized spacial score (nSPS) is 51.3. The Labute approximate surface area is 255 Å². The second kappa shape index (κ2) is 10.4. The third-order valence-corrected chi connectivity index (χ3v) is 15.9. The van der Waals surface area contributed by atoms with Crippen LogP contribution in [-0.4, -0.2) is 40.0 Å². The number of carboxylic acids is 2. The second-order valence-electron chi connectivity index (χ2n) is 17.3. The summed E-state index contributed by atoms with van der Waals surface area (Å²) in [7, 11) is 0. The molecule has 5 rings (SSSR count). The number of hydrogen-bond acceptors (Lipinski definition) is 4. The van der Waals surface area contributed by atoms with E-state index >= 15 is 0 Å². The molecule has 0 aromatic rings. The lowest BCUT2D eigenvalue weighted by molar-refractivity contribution is -0.257. The Morgan fingerprint density at radius 1 is 0.878 bits per heavy atom. The summed E-state index contributed by atoms with van der Waals surface area (Å²) >= 11 is 5.25. The first kappa shape index (κ1) is 31.7. The molecule has 41 heavy (non-hydrogen) atoms. The van der Waals surface area contributed by atoms with Gasteiger partial charge in [-0.25, -0.2) is 0 Å². The van der Waals surface area contributed by atoms with Crippen molar-refractivity contribution in [3.8, 4) is 0 Å². The highest BCUT2D eigenvalue weighted by molar-refractivity contribution is 7.81. The van der Waals surface area contributed by atoms with E-state index in [1.807, 2.05) is 0 Å². The van der Waals surface area contributed by atoms with Gasteiger partial charge in [-0.3, -0.25) is 9.59 Å². The molecule has 0 spiro atoms. The number of aliphatic carboxylic acids is 2. The van der Waals surface area contributed by atoms with Gasteiger partial charge >= 0.3 is 11.9 Å². The maximum Gasteiger partial charge on any atom is 0.321 e. The van der Waals surface area contributed by atoms with Gasteiger partial charge in [-0.2, -0.15) is 12.6 Å². The van der Waals surface area contributed by atoms with Crippen LogP contribution in [0.1, 0.15) is 120 Å². The fourth-order valence-corrected chi connectivity index (χ4v) is 13.9. The molecule has 3 N–H and O–H groups in total. The Balaban J connectivity index is 1.52. The first-order chi connectivity index (χ1) is 18.9. The first-order valence-corrected chi connectivity index (χ1v) is 17.3. The maximum absolute atomic E-state index is 12.0. The quantitative estimate of drug-likeness (QED) is 0.238. The van der Waals surface area contributed by atoms with Gasteiger partial charge in [0.15, 0.2) is 0 Å². The van der Waals surface area contributed by atoms with Gasteiger partial charge in [0.25, 0.3) is 0 Å². The average molecular weight is 590 g/mol. The molecule has 0 aromatic carbocycles. The molecule has 0 bridgehead atoms. The van der Waals surface area contributed by atoms with Gasteiger partial charge in [-0.05, 0) is 126 Å². The zero-order valence-electron chi connectivity index (χ0n) is 27.1. The lowest BCUT2D eigenvalue weighted by Gasteiger charge is -2.75. The summed E-state index contributed by atoms with van der Waals surface area (Å²) in [5.74, 6) is 2.31. The van der Waals surface area contributed by atoms with Crippen LogP contribution in [0.3, 0.4) is 0 Å². The van der Waals surface area contributed by atoms with Crippen molar-refractivity contribution >= 4 is 24.6 Å². The van der Waals surface area contributed by atoms with Crippen LogP contribution in [-0.2, 0) is 9.59 Å². The molecular formula is C35H59NO4S. The van der Waals surface area contributed by atoms with Crippen molar-refractivity contribution in [2.45, 2.75) is 131 Å². The summed E-state index contributed by atoms with van der Waals surface area (Å²) in [5.41, 5.74) is 1.20. The Bertz CT molecular complexity index is 1050. The summed E-state index contributed by atoms with van der Waals surface area (Å²) in [6.45, 7) is 21.0. The molecule has 5 nitrogen and oxygen atoms in total. The third-order valence-electron chi connectivity index (χ3n) is 15.4. The van der Waals surface area contributed by atoms with E-state index in [-0.39, 0.29) is 27.4 Å². The van der Waals surface area contributed by atoms with Gasteiger partial charge in [0, 0.05) is 11.8 Å². The van der Waals surface area contributed by atoms with Crippen molar-refractivity contribution in [3.63, 3.8) is 0 Å². The molecule has 0 aliphatic heterocycles. The monoisotopic (exact) mass is 589 g/mol. The molecule has 0 amide bonds. The lowest BCUT2D eigenvalue weighted by atomic mass is 9.30. The largest absolute Gasteiger partial charge is 0.481 e. The molecule has 5 aliphatic carbocycles. The van der Waals surface area contributed by atoms with Crippen molar-refractivity contribution < 1.29 is 19.8 Å². The summed E-state index contributed by atoms with van der Waals surface area (Å²) in [6.07, 6.45) is 11.1. The van der Waals surface area contributed by atoms with Crippen LogP contribution in [0.4, 0.5) is 0 Å². The van der Waals surface area contributed by atoms with Gasteiger partial charge in [0.05, 0.1) is 6.42 Å². The summed E-state index contributed by atoms with van der Waals surface area (Å²) in [6, 6.07) is -1.07. The van der Waals surface area contributed by atoms with Crippen LogP contribution in [0.15, 0.2) is 0 Å². The molecule has 0 aromatic heterocycles. The predicted molar refractivity (Wildman–Crippen MR) is 168 cm³/mol. The van der Waals surface area contributed by atoms with E-state index in [4.69, 9.17) is 12.6 Å². The van der Waals surface area contributed by atoms with Gasteiger partial charge in [-0.15, -0.1) is 0 Å². The molecule has 234 valence electrons. The average Bonchev–Trinajstić information content (AvgIpc) is 2.85. The van der Waals surface area contributed by atoms with E-state index in [1.165, 1.54) is 51.4 Å². The number of fused-ring (bicyclic) bond motifs is 7. The predicted octanol–water partition coefficient (Wildman–Crippen LogP) is 7.79. The Morgan fingerprint density at radius 2 is 1.56 bits per heavy atom. The number of carbonyl (C=O) groups is 2. The van der Waals surface area contributed by atoms with Crippen molar-refractivity contribution in [3.05, 3.63) is 0 Å². The minimum atomic E-state index is -1.08. The molecule has 6 heteroatoms. The van der Waals surface area contributed by atoms with Crippen molar-refractivity contribution in [2.24, 2.45) is 68.5 Å². The minimum absolute atomic E-state index is 0.0145. The SMILES string of the molecule is C[C@@H]1[C@H]2[C@H]3CC[C@@H]4[C@@]5(C)C(CN[C@@H](CC(=O)O)C(=O)O)C(S)CC(C)(C)[C@@H]5CC[C@@]4(C)[C@]3(C)CC[C@@]2(C)CC[C@H]1C. The Kier molecular flexibility index (Phi) is 8.05. The standard InChI is InChI=1S/C35H59NO4S/c1-20-11-13-32(5)15-16-33(6)22(29(32)21(20)2)9-10-27-34(33,7)14-12-26-31(3,4)18-25(41)23(35(26,27)8)19-36-24(30(39)40)17-28(37)38/h20-27,29,36,41H,9-19H2,1-8H3,(H,37,38)(H,39,40)/t20-,21+,22-,23?,24+,25?,26+,27+,29+,32-,33-,34-,35+/m1/s1. The zero-order valence-corrected chi connectivity index (χ0v) is 28.0. The van der Waals surface area contributed by atoms with E-state index < -0.39 is 24.4 Å². The summed E-state index contributed by atoms with van der Waals surface area (Å²) in [5, 5.41) is 22.6. The van der Waals surface area contributed by atoms with Crippen LogP contribution in [0.5, 0.6) is 0 Å². The number of rotatable bonds is 6. The van der Waals surface area contributed by atoms with Crippen molar-refractivity contribution in [2.75, 3.05) is 6.54 Å². The molecule has 0 saturated heterocycles. The van der Waals surface area contributed by atoms with E-state index in [1.54, 1.807) is 0 Å². The Morgan fingerprint density at radius 3 is 2.20 bits per heavy atom. The Hall–Kier alpha value is -0.750. The number of hydrogen-bond donors (Lipinski definition) is 4. The molecule has 5 saturated carbocycles. The van der Waals surface area contributed by atoms with Crippen LogP contribution >= 0.6 is 12.6 Å². The molecule has 5 aliphatic rings. The molecule has 13 atom stereocenters. The van der Waals surface area contributed by atoms with Crippen LogP contribution in [0, 0.1) is 68.5 Å². The number of nitrogens with one attached hydrogen (secondary N) is 1. The molecule has 0 radical (unpaired) electrons. The molecular weight excluding hydrogens is 530 g/mol. The van der Waals surface area contributed by atoms with E-state index in [0.29, 0.717) is 29.2 Å². The van der Waals surface area contributed by atoms with Crippen LogP contribution in [0.2, 0.25) is 0 Å². The van der Waals surface area contributed by atoms with Crippen molar-refractivity contribution in [1.29, 1.82) is 0 Å². The molecule has 5 fully saturated rings.